The predicted octanol–water partition coefficient (Wildman–Crippen LogP) is 2.94. The normalized spacial score (nSPS) is 52.4. The van der Waals surface area contributed by atoms with Gasteiger partial charge in [0.2, 0.25) is 0 Å². The molecule has 0 unspecified atom stereocenters. The van der Waals surface area contributed by atoms with Crippen LogP contribution in [0.25, 0.3) is 0 Å². The van der Waals surface area contributed by atoms with Crippen molar-refractivity contribution in [2.75, 3.05) is 0 Å². The van der Waals surface area contributed by atoms with Crippen LogP contribution in [-0.2, 0) is 14.4 Å². The van der Waals surface area contributed by atoms with Gasteiger partial charge in [0.1, 0.15) is 6.17 Å². The highest BCUT2D eigenvalue weighted by molar-refractivity contribution is 6.26. The fourth-order valence-corrected chi connectivity index (χ4v) is 7.25. The van der Waals surface area contributed by atoms with Crippen molar-refractivity contribution in [2.45, 2.75) is 58.0 Å². The maximum absolute atomic E-state index is 16.8. The summed E-state index contributed by atoms with van der Waals surface area (Å²) >= 11 is 0. The number of aliphatic hydroxyl groups excluding tert-OH is 1. The number of ketones is 2. The van der Waals surface area contributed by atoms with Crippen LogP contribution in [-0.4, -0.2) is 40.9 Å². The van der Waals surface area contributed by atoms with Gasteiger partial charge < -0.3 is 5.11 Å². The van der Waals surface area contributed by atoms with Crippen LogP contribution >= 0.6 is 0 Å². The Balaban J connectivity index is 1.85. The van der Waals surface area contributed by atoms with Crippen LogP contribution in [0.3, 0.4) is 0 Å². The van der Waals surface area contributed by atoms with Crippen LogP contribution < -0.4 is 0 Å². The third-order valence-electron chi connectivity index (χ3n) is 8.39. The van der Waals surface area contributed by atoms with Gasteiger partial charge in [0.05, 0.1) is 6.10 Å². The van der Waals surface area contributed by atoms with Crippen LogP contribution in [0.2, 0.25) is 0 Å². The second kappa shape index (κ2) is 5.91. The molecule has 3 fully saturated rings. The minimum Gasteiger partial charge on any atom is -0.390 e. The molecule has 4 aliphatic rings. The lowest BCUT2D eigenvalue weighted by molar-refractivity contribution is -0.201. The lowest BCUT2D eigenvalue weighted by atomic mass is 9.45. The van der Waals surface area contributed by atoms with Crippen LogP contribution in [0.4, 0.5) is 8.78 Å². The highest BCUT2D eigenvalue weighted by Gasteiger charge is 2.73. The first kappa shape index (κ1) is 19.6. The smallest absolute Gasteiger partial charge is 0.199 e. The summed E-state index contributed by atoms with van der Waals surface area (Å²) in [5, 5.41) is 11.0. The molecule has 0 aromatic carbocycles. The molecular formula is C22H26F2O4. The van der Waals surface area contributed by atoms with Gasteiger partial charge in [-0.2, -0.15) is 0 Å². The maximum atomic E-state index is 16.8. The standard InChI is InChI=1S/C22H26F2O4/c1-11-6-13-14-8-16(23)15-7-12(26)4-5-21(15,3)22(14,24)18(28)9-20(13,2)19(11)17(27)10-25/h4-5,7,10-11,13-14,16,18-19,28H,6,8-9H2,1-3H3/t11-,13+,14+,16+,18+,19-,20+,21+,22+/m1/s1. The van der Waals surface area contributed by atoms with Crippen LogP contribution in [0.1, 0.15) is 40.0 Å². The topological polar surface area (TPSA) is 71.4 Å². The molecule has 3 saturated carbocycles. The van der Waals surface area contributed by atoms with Gasteiger partial charge in [-0.3, -0.25) is 14.4 Å². The maximum Gasteiger partial charge on any atom is 0.199 e. The zero-order valence-corrected chi connectivity index (χ0v) is 16.3. The van der Waals surface area contributed by atoms with Gasteiger partial charge in [-0.05, 0) is 61.2 Å². The Morgan fingerprint density at radius 1 is 1.29 bits per heavy atom. The molecule has 0 radical (unpaired) electrons. The number of allylic oxidation sites excluding steroid dienone is 4. The Morgan fingerprint density at radius 3 is 2.61 bits per heavy atom. The molecule has 152 valence electrons. The average Bonchev–Trinajstić information content (AvgIpc) is 2.89. The van der Waals surface area contributed by atoms with E-state index in [4.69, 9.17) is 0 Å². The molecular weight excluding hydrogens is 366 g/mol. The van der Waals surface area contributed by atoms with E-state index < -0.39 is 46.4 Å². The second-order valence-corrected chi connectivity index (χ2v) is 9.66. The molecule has 0 aliphatic heterocycles. The van der Waals surface area contributed by atoms with Gasteiger partial charge >= 0.3 is 0 Å². The Kier molecular flexibility index (Phi) is 4.14. The van der Waals surface area contributed by atoms with Gasteiger partial charge in [0.15, 0.2) is 23.5 Å². The Labute approximate surface area is 163 Å². The summed E-state index contributed by atoms with van der Waals surface area (Å²) < 4.78 is 32.0. The number of carbonyl (C=O) groups is 3. The van der Waals surface area contributed by atoms with Crippen molar-refractivity contribution < 1.29 is 28.3 Å². The molecule has 0 spiro atoms. The number of aldehydes is 1. The van der Waals surface area contributed by atoms with Crippen LogP contribution in [0.5, 0.6) is 0 Å². The minimum absolute atomic E-state index is 0.0286. The summed E-state index contributed by atoms with van der Waals surface area (Å²) in [5.74, 6) is -2.78. The number of halogens is 2. The van der Waals surface area contributed by atoms with Crippen molar-refractivity contribution in [3.05, 3.63) is 23.8 Å². The van der Waals surface area contributed by atoms with Crippen molar-refractivity contribution in [3.8, 4) is 0 Å². The van der Waals surface area contributed by atoms with Crippen molar-refractivity contribution in [2.24, 2.45) is 34.5 Å². The van der Waals surface area contributed by atoms with E-state index in [1.807, 2.05) is 13.8 Å². The van der Waals surface area contributed by atoms with Crippen molar-refractivity contribution >= 4 is 17.9 Å². The fourth-order valence-electron chi connectivity index (χ4n) is 7.25. The van der Waals surface area contributed by atoms with Gasteiger partial charge in [0.25, 0.3) is 0 Å². The molecule has 4 aliphatic carbocycles. The molecule has 4 nitrogen and oxygen atoms in total. The van der Waals surface area contributed by atoms with E-state index in [-0.39, 0.29) is 36.0 Å². The summed E-state index contributed by atoms with van der Waals surface area (Å²) in [7, 11) is 0. The van der Waals surface area contributed by atoms with Crippen molar-refractivity contribution in [1.29, 1.82) is 0 Å². The van der Waals surface area contributed by atoms with Gasteiger partial charge in [-0.1, -0.05) is 19.9 Å². The van der Waals surface area contributed by atoms with Gasteiger partial charge in [-0.25, -0.2) is 8.78 Å². The summed E-state index contributed by atoms with van der Waals surface area (Å²) in [6.45, 7) is 5.25. The van der Waals surface area contributed by atoms with Gasteiger partial charge in [0, 0.05) is 17.3 Å². The number of hydrogen-bond donors (Lipinski definition) is 1. The number of rotatable bonds is 2. The predicted molar refractivity (Wildman–Crippen MR) is 97.7 cm³/mol. The Bertz CT molecular complexity index is 819. The molecule has 0 bridgehead atoms. The number of fused-ring (bicyclic) bond motifs is 5. The van der Waals surface area contributed by atoms with Crippen molar-refractivity contribution in [1.82, 2.24) is 0 Å². The highest BCUT2D eigenvalue weighted by atomic mass is 19.1. The molecule has 0 aromatic rings. The third kappa shape index (κ3) is 2.15. The summed E-state index contributed by atoms with van der Waals surface area (Å²) in [6, 6.07) is 0. The van der Waals surface area contributed by atoms with E-state index in [1.54, 1.807) is 6.92 Å². The quantitative estimate of drug-likeness (QED) is 0.579. The first-order valence-electron chi connectivity index (χ1n) is 9.96. The Hall–Kier alpha value is -1.69. The minimum atomic E-state index is -2.14. The van der Waals surface area contributed by atoms with E-state index in [1.165, 1.54) is 18.2 Å². The van der Waals surface area contributed by atoms with E-state index in [9.17, 15) is 19.5 Å². The molecule has 28 heavy (non-hydrogen) atoms. The molecule has 0 saturated heterocycles. The number of hydrogen-bond acceptors (Lipinski definition) is 4. The third-order valence-corrected chi connectivity index (χ3v) is 8.39. The molecule has 0 amide bonds. The van der Waals surface area contributed by atoms with E-state index >= 15 is 8.78 Å². The number of aliphatic hydroxyl groups is 1. The molecule has 4 rings (SSSR count). The van der Waals surface area contributed by atoms with Crippen molar-refractivity contribution in [3.63, 3.8) is 0 Å². The lowest BCUT2D eigenvalue weighted by Gasteiger charge is -2.62. The molecule has 9 atom stereocenters. The monoisotopic (exact) mass is 392 g/mol. The Morgan fingerprint density at radius 2 is 1.96 bits per heavy atom. The molecule has 0 aromatic heterocycles. The van der Waals surface area contributed by atoms with E-state index in [0.29, 0.717) is 12.7 Å². The SMILES string of the molecule is C[C@@H]1C[C@H]2[C@@H]3C[C@H](F)C4=CC(=O)C=C[C@]4(C)[C@@]3(F)[C@@H](O)C[C@]2(C)[C@H]1C(=O)C=O. The largest absolute Gasteiger partial charge is 0.390 e. The van der Waals surface area contributed by atoms with E-state index in [2.05, 4.69) is 0 Å². The summed E-state index contributed by atoms with van der Waals surface area (Å²) in [4.78, 5) is 35.3. The lowest BCUT2D eigenvalue weighted by Crippen LogP contribution is -2.68. The summed E-state index contributed by atoms with van der Waals surface area (Å²) in [5.41, 5.74) is -4.22. The molecule has 6 heteroatoms. The molecule has 0 heterocycles. The second-order valence-electron chi connectivity index (χ2n) is 9.66. The van der Waals surface area contributed by atoms with E-state index in [0.717, 1.165) is 0 Å². The number of Topliss-reactive ketones (excluding diaryl/α,β-unsaturated/α-hetero) is 1. The average molecular weight is 392 g/mol. The summed E-state index contributed by atoms with van der Waals surface area (Å²) in [6.07, 6.45) is 1.62. The van der Waals surface area contributed by atoms with Crippen LogP contribution in [0.15, 0.2) is 23.8 Å². The fraction of sp³-hybridized carbons (Fsp3) is 0.682. The number of carbonyl (C=O) groups excluding carboxylic acids is 3. The van der Waals surface area contributed by atoms with Gasteiger partial charge in [-0.15, -0.1) is 0 Å². The zero-order chi connectivity index (χ0) is 20.6. The molecule has 1 N–H and O–H groups in total. The zero-order valence-electron chi connectivity index (χ0n) is 16.3. The number of alkyl halides is 2. The first-order valence-corrected chi connectivity index (χ1v) is 9.96. The first-order chi connectivity index (χ1) is 13.0. The van der Waals surface area contributed by atoms with Crippen LogP contribution in [0, 0.1) is 34.5 Å². The highest BCUT2D eigenvalue weighted by Crippen LogP contribution is 2.70.